The first-order chi connectivity index (χ1) is 14.1. The van der Waals surface area contributed by atoms with Crippen molar-refractivity contribution in [3.63, 3.8) is 0 Å². The Bertz CT molecular complexity index is 1230. The average molecular weight is 437 g/mol. The summed E-state index contributed by atoms with van der Waals surface area (Å²) in [6, 6.07) is 2.46. The number of aliphatic hydroxyl groups is 1. The van der Waals surface area contributed by atoms with Gasteiger partial charge in [0, 0.05) is 13.6 Å². The van der Waals surface area contributed by atoms with Crippen LogP contribution in [0, 0.1) is 11.6 Å². The molecule has 0 unspecified atom stereocenters. The molecule has 0 aliphatic rings. The van der Waals surface area contributed by atoms with Crippen LogP contribution in [0.3, 0.4) is 0 Å². The summed E-state index contributed by atoms with van der Waals surface area (Å²) in [5, 5.41) is 17.6. The number of H-pyrrole nitrogens is 1. The summed E-state index contributed by atoms with van der Waals surface area (Å²) >= 11 is 6.19. The molecular weight excluding hydrogens is 418 g/mol. The van der Waals surface area contributed by atoms with Crippen LogP contribution in [0.25, 0.3) is 16.7 Å². The maximum absolute atomic E-state index is 13.9. The Morgan fingerprint density at radius 1 is 1.27 bits per heavy atom. The third-order valence-electron chi connectivity index (χ3n) is 4.29. The maximum atomic E-state index is 13.9. The minimum Gasteiger partial charge on any atom is -0.389 e. The van der Waals surface area contributed by atoms with Gasteiger partial charge in [0.15, 0.2) is 17.3 Å². The molecule has 3 aromatic heterocycles. The summed E-state index contributed by atoms with van der Waals surface area (Å²) in [7, 11) is 1.74. The first-order valence-electron chi connectivity index (χ1n) is 9.03. The van der Waals surface area contributed by atoms with Crippen molar-refractivity contribution < 1.29 is 13.9 Å². The average Bonchev–Trinajstić information content (AvgIpc) is 3.26. The molecule has 0 radical (unpaired) electrons. The molecule has 0 spiro atoms. The van der Waals surface area contributed by atoms with Crippen LogP contribution in [0.5, 0.6) is 0 Å². The summed E-state index contributed by atoms with van der Waals surface area (Å²) in [6.45, 7) is 3.77. The highest BCUT2D eigenvalue weighted by Gasteiger charge is 2.20. The number of aromatic nitrogens is 6. The summed E-state index contributed by atoms with van der Waals surface area (Å²) in [4.78, 5) is 17.6. The fraction of sp³-hybridized carbons (Fsp3) is 0.333. The Labute approximate surface area is 174 Å². The molecule has 3 heterocycles. The van der Waals surface area contributed by atoms with E-state index in [0.29, 0.717) is 33.9 Å². The lowest BCUT2D eigenvalue weighted by Gasteiger charge is -2.25. The summed E-state index contributed by atoms with van der Waals surface area (Å²) in [5.41, 5.74) is -0.279. The monoisotopic (exact) mass is 436 g/mol. The van der Waals surface area contributed by atoms with Crippen LogP contribution < -0.4 is 10.2 Å². The molecule has 0 aliphatic carbocycles. The minimum atomic E-state index is -1.01. The maximum Gasteiger partial charge on any atom is 0.230 e. The van der Waals surface area contributed by atoms with Gasteiger partial charge in [-0.25, -0.2) is 13.8 Å². The Morgan fingerprint density at radius 2 is 2.03 bits per heavy atom. The zero-order chi connectivity index (χ0) is 21.6. The van der Waals surface area contributed by atoms with Crippen LogP contribution >= 0.6 is 11.6 Å². The van der Waals surface area contributed by atoms with E-state index < -0.39 is 17.2 Å². The number of likely N-dealkylation sites (N-methyl/N-ethyl adjacent to an activating group) is 1. The molecule has 3 N–H and O–H groups in total. The molecule has 12 heteroatoms. The smallest absolute Gasteiger partial charge is 0.230 e. The van der Waals surface area contributed by atoms with Gasteiger partial charge in [-0.3, -0.25) is 0 Å². The third kappa shape index (κ3) is 3.85. The third-order valence-corrected chi connectivity index (χ3v) is 4.55. The van der Waals surface area contributed by atoms with Crippen LogP contribution in [0.2, 0.25) is 5.02 Å². The van der Waals surface area contributed by atoms with E-state index in [2.05, 4.69) is 30.4 Å². The molecule has 0 saturated heterocycles. The number of nitrogens with one attached hydrogen (secondary N) is 2. The van der Waals surface area contributed by atoms with Gasteiger partial charge in [0.1, 0.15) is 16.4 Å². The SMILES string of the molecule is CN(CC(C)(C)O)c1nc(NCc2nc3c(F)c(F)ccc3[nH]2)n2ncc(Cl)c2n1. The van der Waals surface area contributed by atoms with E-state index in [1.165, 1.54) is 16.8 Å². The van der Waals surface area contributed by atoms with Crippen LogP contribution in [-0.2, 0) is 6.54 Å². The van der Waals surface area contributed by atoms with Crippen molar-refractivity contribution in [3.8, 4) is 0 Å². The normalized spacial score (nSPS) is 12.1. The summed E-state index contributed by atoms with van der Waals surface area (Å²) < 4.78 is 28.7. The molecule has 0 atom stereocenters. The first-order valence-corrected chi connectivity index (χ1v) is 9.41. The standard InChI is InChI=1S/C18H19ClF2N8O/c1-18(2,30)8-28(3)17-26-15-9(19)6-23-29(15)16(27-17)22-7-12-24-11-5-4-10(20)13(21)14(11)25-12/h4-6,30H,7-8H2,1-3H3,(H,24,25)(H,22,26,27). The number of halogens is 3. The highest BCUT2D eigenvalue weighted by molar-refractivity contribution is 6.33. The summed E-state index contributed by atoms with van der Waals surface area (Å²) in [6.07, 6.45) is 1.44. The molecule has 30 heavy (non-hydrogen) atoms. The summed E-state index contributed by atoms with van der Waals surface area (Å²) in [5.74, 6) is -0.944. The zero-order valence-electron chi connectivity index (χ0n) is 16.4. The lowest BCUT2D eigenvalue weighted by atomic mass is 10.1. The number of aromatic amines is 1. The van der Waals surface area contributed by atoms with E-state index in [1.54, 1.807) is 25.8 Å². The molecule has 0 bridgehead atoms. The van der Waals surface area contributed by atoms with Gasteiger partial charge in [-0.1, -0.05) is 11.6 Å². The second kappa shape index (κ2) is 7.33. The van der Waals surface area contributed by atoms with Gasteiger partial charge in [-0.2, -0.15) is 19.6 Å². The number of imidazole rings is 1. The van der Waals surface area contributed by atoms with E-state index in [9.17, 15) is 13.9 Å². The molecule has 1 aromatic carbocycles. The van der Waals surface area contributed by atoms with Crippen molar-refractivity contribution in [3.05, 3.63) is 40.8 Å². The number of benzene rings is 1. The van der Waals surface area contributed by atoms with E-state index in [0.717, 1.165) is 6.07 Å². The van der Waals surface area contributed by atoms with Gasteiger partial charge >= 0.3 is 0 Å². The lowest BCUT2D eigenvalue weighted by Crippen LogP contribution is -2.37. The molecule has 4 aromatic rings. The van der Waals surface area contributed by atoms with Crippen molar-refractivity contribution in [1.29, 1.82) is 0 Å². The van der Waals surface area contributed by atoms with Crippen LogP contribution in [0.15, 0.2) is 18.3 Å². The number of nitrogens with zero attached hydrogens (tertiary/aromatic N) is 6. The van der Waals surface area contributed by atoms with Crippen molar-refractivity contribution in [1.82, 2.24) is 29.5 Å². The largest absolute Gasteiger partial charge is 0.389 e. The fourth-order valence-corrected chi connectivity index (χ4v) is 3.26. The number of hydrogen-bond donors (Lipinski definition) is 3. The van der Waals surface area contributed by atoms with E-state index in [-0.39, 0.29) is 18.6 Å². The van der Waals surface area contributed by atoms with Crippen LogP contribution in [-0.4, -0.2) is 53.9 Å². The number of fused-ring (bicyclic) bond motifs is 2. The number of anilines is 2. The molecule has 0 fully saturated rings. The molecule has 0 saturated carbocycles. The quantitative estimate of drug-likeness (QED) is 0.426. The number of rotatable bonds is 6. The van der Waals surface area contributed by atoms with Crippen molar-refractivity contribution in [2.24, 2.45) is 0 Å². The minimum absolute atomic E-state index is 0.0765. The van der Waals surface area contributed by atoms with Crippen LogP contribution in [0.4, 0.5) is 20.7 Å². The predicted molar refractivity (Wildman–Crippen MR) is 109 cm³/mol. The van der Waals surface area contributed by atoms with Crippen molar-refractivity contribution >= 4 is 40.2 Å². The molecule has 9 nitrogen and oxygen atoms in total. The molecule has 158 valence electrons. The second-order valence-electron chi connectivity index (χ2n) is 7.54. The predicted octanol–water partition coefficient (Wildman–Crippen LogP) is 2.75. The zero-order valence-corrected chi connectivity index (χ0v) is 17.2. The van der Waals surface area contributed by atoms with Crippen molar-refractivity contribution in [2.45, 2.75) is 26.0 Å². The van der Waals surface area contributed by atoms with E-state index in [1.807, 2.05) is 0 Å². The second-order valence-corrected chi connectivity index (χ2v) is 7.95. The van der Waals surface area contributed by atoms with Gasteiger partial charge in [0.05, 0.1) is 23.9 Å². The highest BCUT2D eigenvalue weighted by atomic mass is 35.5. The van der Waals surface area contributed by atoms with Crippen molar-refractivity contribution in [2.75, 3.05) is 23.8 Å². The lowest BCUT2D eigenvalue weighted by molar-refractivity contribution is 0.0883. The Morgan fingerprint density at radius 3 is 2.77 bits per heavy atom. The van der Waals surface area contributed by atoms with Gasteiger partial charge in [0.2, 0.25) is 11.9 Å². The number of hydrogen-bond acceptors (Lipinski definition) is 7. The fourth-order valence-electron chi connectivity index (χ4n) is 3.09. The van der Waals surface area contributed by atoms with E-state index in [4.69, 9.17) is 11.6 Å². The van der Waals surface area contributed by atoms with Gasteiger partial charge in [-0.05, 0) is 26.0 Å². The van der Waals surface area contributed by atoms with Gasteiger partial charge in [-0.15, -0.1) is 0 Å². The van der Waals surface area contributed by atoms with E-state index >= 15 is 0 Å². The topological polar surface area (TPSA) is 107 Å². The molecular formula is C18H19ClF2N8O. The van der Waals surface area contributed by atoms with Crippen LogP contribution in [0.1, 0.15) is 19.7 Å². The first kappa shape index (κ1) is 20.2. The Hall–Kier alpha value is -3.05. The Kier molecular flexibility index (Phi) is 4.94. The van der Waals surface area contributed by atoms with Gasteiger partial charge in [0.25, 0.3) is 0 Å². The molecule has 0 amide bonds. The molecule has 0 aliphatic heterocycles. The highest BCUT2D eigenvalue weighted by Crippen LogP contribution is 2.22. The van der Waals surface area contributed by atoms with Gasteiger partial charge < -0.3 is 20.3 Å². The molecule has 4 rings (SSSR count). The Balaban J connectivity index is 1.66.